The van der Waals surface area contributed by atoms with E-state index < -0.39 is 21.5 Å². The third kappa shape index (κ3) is 4.12. The van der Waals surface area contributed by atoms with Gasteiger partial charge in [0, 0.05) is 24.8 Å². The zero-order valence-corrected chi connectivity index (χ0v) is 15.1. The number of rotatable bonds is 6. The molecule has 134 valence electrons. The Morgan fingerprint density at radius 1 is 1.20 bits per heavy atom. The number of benzene rings is 1. The summed E-state index contributed by atoms with van der Waals surface area (Å²) in [5.41, 5.74) is 0.522. The number of hydrogen-bond acceptors (Lipinski definition) is 5. The first-order valence-electron chi connectivity index (χ1n) is 7.77. The van der Waals surface area contributed by atoms with Crippen molar-refractivity contribution in [3.63, 3.8) is 0 Å². The van der Waals surface area contributed by atoms with Crippen molar-refractivity contribution in [2.75, 3.05) is 18.4 Å². The highest BCUT2D eigenvalue weighted by atomic mass is 32.2. The number of amides is 1. The minimum absolute atomic E-state index is 0.0216. The van der Waals surface area contributed by atoms with Crippen LogP contribution in [0.4, 0.5) is 5.69 Å². The lowest BCUT2D eigenvalue weighted by Crippen LogP contribution is -2.31. The van der Waals surface area contributed by atoms with Crippen molar-refractivity contribution < 1.29 is 13.2 Å². The molecular weight excluding hydrogens is 344 g/mol. The Morgan fingerprint density at radius 2 is 1.88 bits per heavy atom. The minimum atomic E-state index is -3.64. The zero-order valence-electron chi connectivity index (χ0n) is 14.2. The van der Waals surface area contributed by atoms with Gasteiger partial charge in [0.1, 0.15) is 5.69 Å². The molecule has 0 fully saturated rings. The van der Waals surface area contributed by atoms with Gasteiger partial charge in [-0.05, 0) is 30.7 Å². The molecule has 1 heterocycles. The van der Waals surface area contributed by atoms with Gasteiger partial charge in [0.15, 0.2) is 0 Å². The Balaban J connectivity index is 2.34. The molecule has 0 saturated heterocycles. The van der Waals surface area contributed by atoms with E-state index in [-0.39, 0.29) is 10.6 Å². The molecule has 1 amide bonds. The van der Waals surface area contributed by atoms with E-state index in [1.807, 2.05) is 0 Å². The van der Waals surface area contributed by atoms with Crippen LogP contribution in [0.3, 0.4) is 0 Å². The van der Waals surface area contributed by atoms with Crippen molar-refractivity contribution in [1.82, 2.24) is 14.5 Å². The van der Waals surface area contributed by atoms with Crippen LogP contribution < -0.4 is 10.9 Å². The SMILES string of the molecule is CCN(CC)S(=O)(=O)c1cc(NC(=O)c2ccc(=O)[nH]n2)ccc1C. The maximum atomic E-state index is 12.7. The van der Waals surface area contributed by atoms with Gasteiger partial charge < -0.3 is 5.32 Å². The van der Waals surface area contributed by atoms with Crippen molar-refractivity contribution in [1.29, 1.82) is 0 Å². The molecule has 0 bridgehead atoms. The van der Waals surface area contributed by atoms with Gasteiger partial charge in [0.25, 0.3) is 11.5 Å². The van der Waals surface area contributed by atoms with Gasteiger partial charge in [-0.2, -0.15) is 9.40 Å². The van der Waals surface area contributed by atoms with Crippen LogP contribution in [0.15, 0.2) is 40.0 Å². The summed E-state index contributed by atoms with van der Waals surface area (Å²) in [4.78, 5) is 23.3. The number of carbonyl (C=O) groups excluding carboxylic acids is 1. The average molecular weight is 364 g/mol. The van der Waals surface area contributed by atoms with Crippen LogP contribution in [0.5, 0.6) is 0 Å². The number of aromatic nitrogens is 2. The van der Waals surface area contributed by atoms with E-state index >= 15 is 0 Å². The number of sulfonamides is 1. The molecule has 0 aliphatic carbocycles. The fourth-order valence-corrected chi connectivity index (χ4v) is 4.03. The molecule has 0 saturated carbocycles. The third-order valence-corrected chi connectivity index (χ3v) is 5.87. The number of anilines is 1. The molecule has 0 aliphatic rings. The van der Waals surface area contributed by atoms with E-state index in [4.69, 9.17) is 0 Å². The molecule has 2 rings (SSSR count). The molecule has 0 radical (unpaired) electrons. The van der Waals surface area contributed by atoms with Crippen LogP contribution in [0.25, 0.3) is 0 Å². The second kappa shape index (κ2) is 7.58. The van der Waals surface area contributed by atoms with Gasteiger partial charge in [-0.15, -0.1) is 0 Å². The number of H-pyrrole nitrogens is 1. The van der Waals surface area contributed by atoms with Crippen LogP contribution >= 0.6 is 0 Å². The quantitative estimate of drug-likeness (QED) is 0.804. The first-order valence-corrected chi connectivity index (χ1v) is 9.21. The van der Waals surface area contributed by atoms with Crippen LogP contribution in [-0.2, 0) is 10.0 Å². The summed E-state index contributed by atoms with van der Waals surface area (Å²) in [6, 6.07) is 7.14. The second-order valence-corrected chi connectivity index (χ2v) is 7.24. The standard InChI is InChI=1S/C16H20N4O4S/c1-4-20(5-2)25(23,24)14-10-12(7-6-11(14)3)17-16(22)13-8-9-15(21)19-18-13/h6-10H,4-5H2,1-3H3,(H,17,22)(H,19,21). The van der Waals surface area contributed by atoms with Gasteiger partial charge in [-0.25, -0.2) is 13.5 Å². The van der Waals surface area contributed by atoms with Crippen LogP contribution in [0, 0.1) is 6.92 Å². The van der Waals surface area contributed by atoms with E-state index in [1.165, 1.54) is 22.5 Å². The van der Waals surface area contributed by atoms with Gasteiger partial charge in [0.2, 0.25) is 10.0 Å². The summed E-state index contributed by atoms with van der Waals surface area (Å²) in [5, 5.41) is 8.40. The highest BCUT2D eigenvalue weighted by Gasteiger charge is 2.24. The van der Waals surface area contributed by atoms with Gasteiger partial charge in [-0.1, -0.05) is 19.9 Å². The molecule has 9 heteroatoms. The van der Waals surface area contributed by atoms with Crippen LogP contribution in [-0.4, -0.2) is 41.9 Å². The Morgan fingerprint density at radius 3 is 2.44 bits per heavy atom. The summed E-state index contributed by atoms with van der Waals surface area (Å²) in [6.07, 6.45) is 0. The van der Waals surface area contributed by atoms with Crippen molar-refractivity contribution in [2.24, 2.45) is 0 Å². The van der Waals surface area contributed by atoms with Crippen molar-refractivity contribution >= 4 is 21.6 Å². The van der Waals surface area contributed by atoms with E-state index in [1.54, 1.807) is 32.9 Å². The maximum absolute atomic E-state index is 12.7. The van der Waals surface area contributed by atoms with Crippen molar-refractivity contribution in [3.05, 3.63) is 51.9 Å². The average Bonchev–Trinajstić information content (AvgIpc) is 2.57. The molecule has 8 nitrogen and oxygen atoms in total. The van der Waals surface area contributed by atoms with Gasteiger partial charge in [-0.3, -0.25) is 9.59 Å². The molecule has 25 heavy (non-hydrogen) atoms. The topological polar surface area (TPSA) is 112 Å². The Hall–Kier alpha value is -2.52. The third-order valence-electron chi connectivity index (χ3n) is 3.68. The highest BCUT2D eigenvalue weighted by Crippen LogP contribution is 2.23. The first-order chi connectivity index (χ1) is 11.8. The summed E-state index contributed by atoms with van der Waals surface area (Å²) in [7, 11) is -3.64. The normalized spacial score (nSPS) is 11.5. The predicted molar refractivity (Wildman–Crippen MR) is 94.1 cm³/mol. The Labute approximate surface area is 145 Å². The van der Waals surface area contributed by atoms with Crippen LogP contribution in [0.1, 0.15) is 29.9 Å². The molecule has 1 aromatic heterocycles. The van der Waals surface area contributed by atoms with E-state index in [9.17, 15) is 18.0 Å². The predicted octanol–water partition coefficient (Wildman–Crippen LogP) is 1.36. The first kappa shape index (κ1) is 18.8. The Kier molecular flexibility index (Phi) is 5.70. The maximum Gasteiger partial charge on any atom is 0.276 e. The fraction of sp³-hybridized carbons (Fsp3) is 0.312. The number of nitrogens with one attached hydrogen (secondary N) is 2. The lowest BCUT2D eigenvalue weighted by Gasteiger charge is -2.20. The van der Waals surface area contributed by atoms with Crippen LogP contribution in [0.2, 0.25) is 0 Å². The second-order valence-electron chi connectivity index (χ2n) is 5.33. The number of hydrogen-bond donors (Lipinski definition) is 2. The molecule has 1 aromatic carbocycles. The fourth-order valence-electron chi connectivity index (χ4n) is 2.32. The summed E-state index contributed by atoms with van der Waals surface area (Å²) >= 11 is 0. The highest BCUT2D eigenvalue weighted by molar-refractivity contribution is 7.89. The molecular formula is C16H20N4O4S. The van der Waals surface area contributed by atoms with Crippen molar-refractivity contribution in [3.8, 4) is 0 Å². The van der Waals surface area contributed by atoms with Crippen molar-refractivity contribution in [2.45, 2.75) is 25.7 Å². The molecule has 0 aliphatic heterocycles. The summed E-state index contributed by atoms with van der Waals surface area (Å²) in [6.45, 7) is 5.95. The molecule has 2 N–H and O–H groups in total. The molecule has 0 unspecified atom stereocenters. The van der Waals surface area contributed by atoms with Gasteiger partial charge >= 0.3 is 0 Å². The molecule has 0 atom stereocenters. The number of aromatic amines is 1. The Bertz CT molecular complexity index is 913. The molecule has 0 spiro atoms. The monoisotopic (exact) mass is 364 g/mol. The summed E-state index contributed by atoms with van der Waals surface area (Å²) in [5.74, 6) is -0.550. The largest absolute Gasteiger partial charge is 0.321 e. The molecule has 2 aromatic rings. The van der Waals surface area contributed by atoms with E-state index in [0.29, 0.717) is 24.3 Å². The number of aryl methyl sites for hydroxylation is 1. The number of nitrogens with zero attached hydrogens (tertiary/aromatic N) is 2. The lowest BCUT2D eigenvalue weighted by atomic mass is 10.2. The zero-order chi connectivity index (χ0) is 18.6. The summed E-state index contributed by atoms with van der Waals surface area (Å²) < 4.78 is 26.8. The minimum Gasteiger partial charge on any atom is -0.321 e. The number of carbonyl (C=O) groups is 1. The lowest BCUT2D eigenvalue weighted by molar-refractivity contribution is 0.102. The van der Waals surface area contributed by atoms with E-state index in [0.717, 1.165) is 0 Å². The smallest absolute Gasteiger partial charge is 0.276 e. The van der Waals surface area contributed by atoms with Gasteiger partial charge in [0.05, 0.1) is 4.90 Å². The van der Waals surface area contributed by atoms with E-state index in [2.05, 4.69) is 15.5 Å².